The molecule has 0 saturated heterocycles. The number of rotatable bonds is 15. The first-order valence-electron chi connectivity index (χ1n) is 8.53. The minimum Gasteiger partial charge on any atom is -0.330 e. The van der Waals surface area contributed by atoms with Gasteiger partial charge in [-0.3, -0.25) is 4.79 Å². The molecule has 0 spiro atoms. The highest BCUT2D eigenvalue weighted by molar-refractivity contribution is 5.78. The largest absolute Gasteiger partial charge is 0.330 e. The standard InChI is InChI=1S/C17H35NO/c1-2-3-4-5-6-7-8-9-10-11-12-14-17(19)15-13-16-18/h2-16,18H2,1H3. The van der Waals surface area contributed by atoms with Crippen molar-refractivity contribution in [2.75, 3.05) is 6.54 Å². The van der Waals surface area contributed by atoms with Gasteiger partial charge in [0, 0.05) is 12.8 Å². The van der Waals surface area contributed by atoms with Crippen molar-refractivity contribution in [1.29, 1.82) is 0 Å². The minimum atomic E-state index is 0.404. The van der Waals surface area contributed by atoms with Gasteiger partial charge in [-0.1, -0.05) is 71.1 Å². The topological polar surface area (TPSA) is 43.1 Å². The third kappa shape index (κ3) is 15.6. The van der Waals surface area contributed by atoms with E-state index in [4.69, 9.17) is 5.73 Å². The molecule has 2 nitrogen and oxygen atoms in total. The second-order valence-electron chi connectivity index (χ2n) is 5.72. The van der Waals surface area contributed by atoms with Gasteiger partial charge < -0.3 is 5.73 Å². The minimum absolute atomic E-state index is 0.404. The number of carbonyl (C=O) groups is 1. The van der Waals surface area contributed by atoms with Crippen molar-refractivity contribution >= 4 is 5.78 Å². The summed E-state index contributed by atoms with van der Waals surface area (Å²) in [6.07, 6.45) is 17.1. The van der Waals surface area contributed by atoms with Crippen LogP contribution in [0, 0.1) is 0 Å². The van der Waals surface area contributed by atoms with Crippen LogP contribution in [0.1, 0.15) is 96.8 Å². The molecule has 0 aromatic rings. The lowest BCUT2D eigenvalue weighted by molar-refractivity contribution is -0.119. The Bertz CT molecular complexity index is 192. The van der Waals surface area contributed by atoms with Crippen LogP contribution in [0.15, 0.2) is 0 Å². The molecule has 2 heteroatoms. The van der Waals surface area contributed by atoms with Gasteiger partial charge in [0.15, 0.2) is 0 Å². The van der Waals surface area contributed by atoms with Crippen LogP contribution in [0.3, 0.4) is 0 Å². The fraction of sp³-hybridized carbons (Fsp3) is 0.941. The van der Waals surface area contributed by atoms with Crippen molar-refractivity contribution in [2.45, 2.75) is 96.8 Å². The van der Waals surface area contributed by atoms with E-state index in [1.165, 1.54) is 64.2 Å². The molecule has 0 atom stereocenters. The molecule has 0 heterocycles. The number of nitrogens with two attached hydrogens (primary N) is 1. The van der Waals surface area contributed by atoms with Crippen molar-refractivity contribution in [2.24, 2.45) is 5.73 Å². The van der Waals surface area contributed by atoms with Crippen LogP contribution in [-0.2, 0) is 4.79 Å². The molecule has 0 aliphatic carbocycles. The van der Waals surface area contributed by atoms with Gasteiger partial charge in [-0.15, -0.1) is 0 Å². The Balaban J connectivity index is 3.04. The van der Waals surface area contributed by atoms with Crippen LogP contribution in [0.25, 0.3) is 0 Å². The highest BCUT2D eigenvalue weighted by Crippen LogP contribution is 2.12. The van der Waals surface area contributed by atoms with Crippen LogP contribution in [0.5, 0.6) is 0 Å². The molecule has 2 N–H and O–H groups in total. The van der Waals surface area contributed by atoms with E-state index in [2.05, 4.69) is 6.92 Å². The third-order valence-corrected chi connectivity index (χ3v) is 3.72. The zero-order chi connectivity index (χ0) is 14.2. The third-order valence-electron chi connectivity index (χ3n) is 3.72. The number of unbranched alkanes of at least 4 members (excludes halogenated alkanes) is 10. The zero-order valence-electron chi connectivity index (χ0n) is 13.1. The Hall–Kier alpha value is -0.370. The predicted octanol–water partition coefficient (Wildman–Crippen LogP) is 5.00. The summed E-state index contributed by atoms with van der Waals surface area (Å²) in [5.74, 6) is 0.404. The molecule has 0 aromatic heterocycles. The summed E-state index contributed by atoms with van der Waals surface area (Å²) in [4.78, 5) is 11.4. The van der Waals surface area contributed by atoms with Gasteiger partial charge in [0.05, 0.1) is 0 Å². The summed E-state index contributed by atoms with van der Waals surface area (Å²) in [7, 11) is 0. The lowest BCUT2D eigenvalue weighted by atomic mass is 10.0. The van der Waals surface area contributed by atoms with E-state index in [-0.39, 0.29) is 0 Å². The highest BCUT2D eigenvalue weighted by atomic mass is 16.1. The lowest BCUT2D eigenvalue weighted by Crippen LogP contribution is -2.04. The summed E-state index contributed by atoms with van der Waals surface area (Å²) in [6, 6.07) is 0. The number of carbonyl (C=O) groups excluding carboxylic acids is 1. The fourth-order valence-corrected chi connectivity index (χ4v) is 2.41. The van der Waals surface area contributed by atoms with Crippen LogP contribution in [-0.4, -0.2) is 12.3 Å². The van der Waals surface area contributed by atoms with E-state index in [1.807, 2.05) is 0 Å². The van der Waals surface area contributed by atoms with E-state index in [0.717, 1.165) is 19.3 Å². The lowest BCUT2D eigenvalue weighted by Gasteiger charge is -2.02. The first-order valence-corrected chi connectivity index (χ1v) is 8.53. The molecular weight excluding hydrogens is 234 g/mol. The summed E-state index contributed by atoms with van der Waals surface area (Å²) in [6.45, 7) is 2.91. The van der Waals surface area contributed by atoms with Gasteiger partial charge >= 0.3 is 0 Å². The smallest absolute Gasteiger partial charge is 0.132 e. The average Bonchev–Trinajstić information content (AvgIpc) is 2.42. The maximum absolute atomic E-state index is 11.4. The quantitative estimate of drug-likeness (QED) is 0.425. The van der Waals surface area contributed by atoms with Crippen molar-refractivity contribution in [3.63, 3.8) is 0 Å². The zero-order valence-corrected chi connectivity index (χ0v) is 13.1. The Morgan fingerprint density at radius 3 is 1.58 bits per heavy atom. The Morgan fingerprint density at radius 2 is 1.11 bits per heavy atom. The normalized spacial score (nSPS) is 10.8. The Morgan fingerprint density at radius 1 is 0.684 bits per heavy atom. The van der Waals surface area contributed by atoms with Crippen LogP contribution < -0.4 is 5.73 Å². The monoisotopic (exact) mass is 269 g/mol. The number of ketones is 1. The molecule has 0 amide bonds. The van der Waals surface area contributed by atoms with Gasteiger partial charge in [-0.2, -0.15) is 0 Å². The van der Waals surface area contributed by atoms with Crippen LogP contribution in [0.4, 0.5) is 0 Å². The van der Waals surface area contributed by atoms with Crippen molar-refractivity contribution in [3.05, 3.63) is 0 Å². The number of hydrogen-bond donors (Lipinski definition) is 1. The molecule has 0 rings (SSSR count). The summed E-state index contributed by atoms with van der Waals surface area (Å²) >= 11 is 0. The summed E-state index contributed by atoms with van der Waals surface area (Å²) in [5, 5.41) is 0. The number of hydrogen-bond acceptors (Lipinski definition) is 2. The molecule has 19 heavy (non-hydrogen) atoms. The predicted molar refractivity (Wildman–Crippen MR) is 84.4 cm³/mol. The molecule has 0 fully saturated rings. The second kappa shape index (κ2) is 15.7. The summed E-state index contributed by atoms with van der Waals surface area (Å²) in [5.41, 5.74) is 5.39. The Labute approximate surface area is 120 Å². The second-order valence-corrected chi connectivity index (χ2v) is 5.72. The van der Waals surface area contributed by atoms with E-state index < -0.39 is 0 Å². The van der Waals surface area contributed by atoms with Crippen molar-refractivity contribution < 1.29 is 4.79 Å². The molecule has 0 saturated carbocycles. The Kier molecular flexibility index (Phi) is 15.4. The molecule has 0 aliphatic rings. The summed E-state index contributed by atoms with van der Waals surface area (Å²) < 4.78 is 0. The van der Waals surface area contributed by atoms with Crippen molar-refractivity contribution in [3.8, 4) is 0 Å². The molecule has 0 radical (unpaired) electrons. The molecule has 0 unspecified atom stereocenters. The maximum atomic E-state index is 11.4. The first-order chi connectivity index (χ1) is 9.31. The van der Waals surface area contributed by atoms with Gasteiger partial charge in [-0.05, 0) is 19.4 Å². The fourth-order valence-electron chi connectivity index (χ4n) is 2.41. The van der Waals surface area contributed by atoms with Gasteiger partial charge in [-0.25, -0.2) is 0 Å². The molecular formula is C17H35NO. The van der Waals surface area contributed by atoms with Gasteiger partial charge in [0.25, 0.3) is 0 Å². The average molecular weight is 269 g/mol. The molecule has 0 aliphatic heterocycles. The van der Waals surface area contributed by atoms with Crippen LogP contribution in [0.2, 0.25) is 0 Å². The SMILES string of the molecule is CCCCCCCCCCCCCC(=O)CCCN. The first kappa shape index (κ1) is 18.6. The van der Waals surface area contributed by atoms with Gasteiger partial charge in [0.1, 0.15) is 5.78 Å². The van der Waals surface area contributed by atoms with E-state index >= 15 is 0 Å². The molecule has 114 valence electrons. The highest BCUT2D eigenvalue weighted by Gasteiger charge is 2.00. The van der Waals surface area contributed by atoms with E-state index in [1.54, 1.807) is 0 Å². The van der Waals surface area contributed by atoms with Crippen LogP contribution >= 0.6 is 0 Å². The molecule has 0 aromatic carbocycles. The van der Waals surface area contributed by atoms with Gasteiger partial charge in [0.2, 0.25) is 0 Å². The van der Waals surface area contributed by atoms with E-state index in [0.29, 0.717) is 18.7 Å². The maximum Gasteiger partial charge on any atom is 0.132 e. The number of Topliss-reactive ketones (excluding diaryl/α,β-unsaturated/α-hetero) is 1. The van der Waals surface area contributed by atoms with E-state index in [9.17, 15) is 4.79 Å². The van der Waals surface area contributed by atoms with Crippen molar-refractivity contribution in [1.82, 2.24) is 0 Å². The molecule has 0 bridgehead atoms.